The SMILES string of the molecule is COc1ccccc1OCC(=O)N/N=C/c1ccc(O)c([N+](=O)[O-])c1. The molecular formula is C16H15N3O6. The molecule has 0 atom stereocenters. The van der Waals surface area contributed by atoms with Crippen LogP contribution < -0.4 is 14.9 Å². The van der Waals surface area contributed by atoms with E-state index in [1.54, 1.807) is 24.3 Å². The summed E-state index contributed by atoms with van der Waals surface area (Å²) in [7, 11) is 1.49. The number of nitrogens with one attached hydrogen (secondary N) is 1. The number of carbonyl (C=O) groups excluding carboxylic acids is 1. The normalized spacial score (nSPS) is 10.4. The Morgan fingerprint density at radius 3 is 2.72 bits per heavy atom. The minimum absolute atomic E-state index is 0.284. The second-order valence-corrected chi connectivity index (χ2v) is 4.74. The van der Waals surface area contributed by atoms with E-state index in [1.165, 1.54) is 25.5 Å². The first-order valence-electron chi connectivity index (χ1n) is 7.06. The molecule has 1 amide bonds. The van der Waals surface area contributed by atoms with Crippen molar-refractivity contribution in [2.24, 2.45) is 5.10 Å². The molecule has 25 heavy (non-hydrogen) atoms. The van der Waals surface area contributed by atoms with Crippen LogP contribution in [0.2, 0.25) is 0 Å². The van der Waals surface area contributed by atoms with Crippen molar-refractivity contribution in [3.63, 3.8) is 0 Å². The second-order valence-electron chi connectivity index (χ2n) is 4.74. The van der Waals surface area contributed by atoms with Crippen LogP contribution in [0.15, 0.2) is 47.6 Å². The van der Waals surface area contributed by atoms with Crippen molar-refractivity contribution in [3.05, 3.63) is 58.1 Å². The maximum atomic E-state index is 11.7. The molecule has 0 saturated heterocycles. The molecule has 0 fully saturated rings. The molecule has 0 spiro atoms. The van der Waals surface area contributed by atoms with Gasteiger partial charge in [-0.1, -0.05) is 12.1 Å². The minimum Gasteiger partial charge on any atom is -0.502 e. The van der Waals surface area contributed by atoms with Crippen LogP contribution >= 0.6 is 0 Å². The van der Waals surface area contributed by atoms with Gasteiger partial charge in [0.2, 0.25) is 0 Å². The minimum atomic E-state index is -0.716. The predicted molar refractivity (Wildman–Crippen MR) is 89.0 cm³/mol. The lowest BCUT2D eigenvalue weighted by atomic mass is 10.2. The van der Waals surface area contributed by atoms with Crippen LogP contribution in [0.4, 0.5) is 5.69 Å². The molecule has 2 aromatic rings. The second kappa shape index (κ2) is 8.29. The number of nitro benzene ring substituents is 1. The Morgan fingerprint density at radius 1 is 1.32 bits per heavy atom. The van der Waals surface area contributed by atoms with Gasteiger partial charge in [0.1, 0.15) is 0 Å². The van der Waals surface area contributed by atoms with Crippen molar-refractivity contribution >= 4 is 17.8 Å². The number of phenols is 1. The number of methoxy groups -OCH3 is 1. The maximum Gasteiger partial charge on any atom is 0.311 e. The average Bonchev–Trinajstić information content (AvgIpc) is 2.61. The van der Waals surface area contributed by atoms with Crippen LogP contribution in [0.25, 0.3) is 0 Å². The van der Waals surface area contributed by atoms with Gasteiger partial charge >= 0.3 is 5.69 Å². The van der Waals surface area contributed by atoms with Crippen LogP contribution in [0.5, 0.6) is 17.2 Å². The number of phenolic OH excluding ortho intramolecular Hbond substituents is 1. The molecule has 2 rings (SSSR count). The summed E-state index contributed by atoms with van der Waals surface area (Å²) in [4.78, 5) is 21.7. The highest BCUT2D eigenvalue weighted by Crippen LogP contribution is 2.26. The Balaban J connectivity index is 1.90. The number of hydrogen-bond donors (Lipinski definition) is 2. The van der Waals surface area contributed by atoms with Gasteiger partial charge in [-0.2, -0.15) is 5.10 Å². The molecule has 9 heteroatoms. The molecule has 0 radical (unpaired) electrons. The summed E-state index contributed by atoms with van der Waals surface area (Å²) in [6, 6.07) is 10.6. The Bertz CT molecular complexity index is 806. The van der Waals surface area contributed by atoms with E-state index in [1.807, 2.05) is 0 Å². The van der Waals surface area contributed by atoms with Crippen LogP contribution in [0.3, 0.4) is 0 Å². The molecule has 0 saturated carbocycles. The van der Waals surface area contributed by atoms with Crippen LogP contribution in [0.1, 0.15) is 5.56 Å². The highest BCUT2D eigenvalue weighted by atomic mass is 16.6. The lowest BCUT2D eigenvalue weighted by molar-refractivity contribution is -0.385. The molecule has 0 aliphatic rings. The van der Waals surface area contributed by atoms with Gasteiger partial charge in [0.25, 0.3) is 5.91 Å². The Morgan fingerprint density at radius 2 is 2.04 bits per heavy atom. The number of ether oxygens (including phenoxy) is 2. The number of para-hydroxylation sites is 2. The summed E-state index contributed by atoms with van der Waals surface area (Å²) < 4.78 is 10.4. The zero-order valence-corrected chi connectivity index (χ0v) is 13.2. The number of nitro groups is 1. The van der Waals surface area contributed by atoms with Crippen molar-refractivity contribution in [2.45, 2.75) is 0 Å². The smallest absolute Gasteiger partial charge is 0.311 e. The number of benzene rings is 2. The van der Waals surface area contributed by atoms with E-state index < -0.39 is 22.3 Å². The fourth-order valence-electron chi connectivity index (χ4n) is 1.86. The number of amides is 1. The van der Waals surface area contributed by atoms with E-state index in [-0.39, 0.29) is 6.61 Å². The van der Waals surface area contributed by atoms with Gasteiger partial charge in [-0.3, -0.25) is 14.9 Å². The highest BCUT2D eigenvalue weighted by Gasteiger charge is 2.12. The van der Waals surface area contributed by atoms with Gasteiger partial charge in [-0.05, 0) is 24.3 Å². The number of nitrogens with zero attached hydrogens (tertiary/aromatic N) is 2. The molecule has 0 unspecified atom stereocenters. The summed E-state index contributed by atoms with van der Waals surface area (Å²) in [5, 5.41) is 23.8. The van der Waals surface area contributed by atoms with Gasteiger partial charge in [-0.25, -0.2) is 5.43 Å². The molecule has 0 aliphatic heterocycles. The average molecular weight is 345 g/mol. The zero-order valence-electron chi connectivity index (χ0n) is 13.2. The first kappa shape index (κ1) is 17.7. The van der Waals surface area contributed by atoms with Crippen molar-refractivity contribution in [1.29, 1.82) is 0 Å². The summed E-state index contributed by atoms with van der Waals surface area (Å²) >= 11 is 0. The molecule has 0 heterocycles. The molecule has 130 valence electrons. The predicted octanol–water partition coefficient (Wildman–Crippen LogP) is 1.84. The van der Waals surface area contributed by atoms with Gasteiger partial charge in [-0.15, -0.1) is 0 Å². The summed E-state index contributed by atoms with van der Waals surface area (Å²) in [6.07, 6.45) is 1.22. The third-order valence-electron chi connectivity index (χ3n) is 3.03. The molecular weight excluding hydrogens is 330 g/mol. The first-order valence-corrected chi connectivity index (χ1v) is 7.06. The van der Waals surface area contributed by atoms with Crippen LogP contribution in [0, 0.1) is 10.1 Å². The molecule has 9 nitrogen and oxygen atoms in total. The Kier molecular flexibility index (Phi) is 5.88. The topological polar surface area (TPSA) is 123 Å². The monoisotopic (exact) mass is 345 g/mol. The Hall–Kier alpha value is -3.62. The standard InChI is InChI=1S/C16H15N3O6/c1-24-14-4-2-3-5-15(14)25-10-16(21)18-17-9-11-6-7-13(20)12(8-11)19(22)23/h2-9,20H,10H2,1H3,(H,18,21)/b17-9+. The van der Waals surface area contributed by atoms with Crippen molar-refractivity contribution in [3.8, 4) is 17.2 Å². The van der Waals surface area contributed by atoms with Crippen LogP contribution in [-0.4, -0.2) is 35.9 Å². The fourth-order valence-corrected chi connectivity index (χ4v) is 1.86. The number of rotatable bonds is 7. The quantitative estimate of drug-likeness (QED) is 0.448. The Labute approximate surface area is 142 Å². The molecule has 0 bridgehead atoms. The number of hydrogen-bond acceptors (Lipinski definition) is 7. The van der Waals surface area contributed by atoms with Crippen molar-refractivity contribution < 1.29 is 24.3 Å². The van der Waals surface area contributed by atoms with Gasteiger partial charge in [0.15, 0.2) is 23.9 Å². The van der Waals surface area contributed by atoms with Crippen molar-refractivity contribution in [2.75, 3.05) is 13.7 Å². The van der Waals surface area contributed by atoms with E-state index in [9.17, 15) is 20.0 Å². The molecule has 0 aromatic heterocycles. The summed E-state index contributed by atoms with van der Waals surface area (Å²) in [6.45, 7) is -0.284. The van der Waals surface area contributed by atoms with Gasteiger partial charge < -0.3 is 14.6 Å². The summed E-state index contributed by atoms with van der Waals surface area (Å²) in [5.74, 6) is -0.0553. The lowest BCUT2D eigenvalue weighted by Crippen LogP contribution is -2.24. The van der Waals surface area contributed by atoms with Gasteiger partial charge in [0.05, 0.1) is 18.2 Å². The lowest BCUT2D eigenvalue weighted by Gasteiger charge is -2.09. The van der Waals surface area contributed by atoms with E-state index in [2.05, 4.69) is 10.5 Å². The molecule has 2 aromatic carbocycles. The van der Waals surface area contributed by atoms with E-state index >= 15 is 0 Å². The third-order valence-corrected chi connectivity index (χ3v) is 3.03. The fraction of sp³-hybridized carbons (Fsp3) is 0.125. The first-order chi connectivity index (χ1) is 12.0. The zero-order chi connectivity index (χ0) is 18.2. The number of aromatic hydroxyl groups is 1. The maximum absolute atomic E-state index is 11.7. The van der Waals surface area contributed by atoms with E-state index in [0.717, 1.165) is 6.07 Å². The van der Waals surface area contributed by atoms with Crippen LogP contribution in [-0.2, 0) is 4.79 Å². The number of hydrazone groups is 1. The summed E-state index contributed by atoms with van der Waals surface area (Å²) in [5.41, 5.74) is 2.13. The largest absolute Gasteiger partial charge is 0.502 e. The molecule has 0 aliphatic carbocycles. The third kappa shape index (κ3) is 4.93. The van der Waals surface area contributed by atoms with E-state index in [4.69, 9.17) is 9.47 Å². The molecule has 2 N–H and O–H groups in total. The van der Waals surface area contributed by atoms with E-state index in [0.29, 0.717) is 17.1 Å². The van der Waals surface area contributed by atoms with Gasteiger partial charge in [0, 0.05) is 11.6 Å². The number of carbonyl (C=O) groups is 1. The highest BCUT2D eigenvalue weighted by molar-refractivity contribution is 5.84. The van der Waals surface area contributed by atoms with Crippen molar-refractivity contribution in [1.82, 2.24) is 5.43 Å².